The van der Waals surface area contributed by atoms with Gasteiger partial charge in [0.15, 0.2) is 0 Å². The second-order valence-corrected chi connectivity index (χ2v) is 2.97. The van der Waals surface area contributed by atoms with Crippen molar-refractivity contribution in [2.75, 3.05) is 19.0 Å². The number of hydrogen-bond donors (Lipinski definition) is 1. The molecule has 0 saturated heterocycles. The number of nitrogen functional groups attached to an aromatic ring is 1. The molecule has 5 heteroatoms. The molecule has 0 aliphatic heterocycles. The lowest BCUT2D eigenvalue weighted by molar-refractivity contribution is 0.0481. The molecule has 0 radical (unpaired) electrons. The van der Waals surface area contributed by atoms with Crippen LogP contribution in [0.25, 0.3) is 0 Å². The van der Waals surface area contributed by atoms with Crippen molar-refractivity contribution in [3.63, 3.8) is 0 Å². The van der Waals surface area contributed by atoms with Gasteiger partial charge in [-0.1, -0.05) is 11.6 Å². The summed E-state index contributed by atoms with van der Waals surface area (Å²) in [5, 5.41) is 0.239. The maximum atomic E-state index is 11.7. The Kier molecular flexibility index (Phi) is 3.71. The number of halogens is 2. The van der Waals surface area contributed by atoms with E-state index < -0.39 is 12.6 Å². The largest absolute Gasteiger partial charge is 0.459 e. The fourth-order valence-electron chi connectivity index (χ4n) is 0.908. The minimum Gasteiger partial charge on any atom is -0.459 e. The molecule has 0 aliphatic carbocycles. The predicted molar refractivity (Wildman–Crippen MR) is 52.1 cm³/mol. The van der Waals surface area contributed by atoms with E-state index in [1.807, 2.05) is 0 Å². The molecule has 0 aromatic heterocycles. The number of carbonyl (C=O) groups excluding carboxylic acids is 1. The van der Waals surface area contributed by atoms with Crippen molar-refractivity contribution in [3.8, 4) is 0 Å². The number of alkyl halides is 1. The zero-order chi connectivity index (χ0) is 10.6. The average Bonchev–Trinajstić information content (AvgIpc) is 2.18. The summed E-state index contributed by atoms with van der Waals surface area (Å²) in [7, 11) is 0. The van der Waals surface area contributed by atoms with Gasteiger partial charge >= 0.3 is 5.97 Å². The highest BCUT2D eigenvalue weighted by Gasteiger charge is 2.11. The van der Waals surface area contributed by atoms with Gasteiger partial charge in [0.2, 0.25) is 0 Å². The van der Waals surface area contributed by atoms with Gasteiger partial charge < -0.3 is 10.5 Å². The number of benzene rings is 1. The summed E-state index contributed by atoms with van der Waals surface area (Å²) >= 11 is 5.72. The SMILES string of the molecule is Nc1ccc(Cl)c(C(=O)OCCF)c1. The van der Waals surface area contributed by atoms with E-state index in [1.165, 1.54) is 12.1 Å². The first-order valence-electron chi connectivity index (χ1n) is 3.93. The Labute approximate surface area is 85.6 Å². The van der Waals surface area contributed by atoms with Crippen LogP contribution in [0.5, 0.6) is 0 Å². The third-order valence-electron chi connectivity index (χ3n) is 1.52. The van der Waals surface area contributed by atoms with Crippen LogP contribution in [0.1, 0.15) is 10.4 Å². The molecule has 1 aromatic carbocycles. The summed E-state index contributed by atoms with van der Waals surface area (Å²) in [5.41, 5.74) is 6.01. The minimum atomic E-state index is -0.717. The molecule has 0 unspecified atom stereocenters. The van der Waals surface area contributed by atoms with Crippen LogP contribution < -0.4 is 5.73 Å². The number of hydrogen-bond acceptors (Lipinski definition) is 3. The third-order valence-corrected chi connectivity index (χ3v) is 1.85. The number of anilines is 1. The highest BCUT2D eigenvalue weighted by atomic mass is 35.5. The van der Waals surface area contributed by atoms with E-state index in [1.54, 1.807) is 6.07 Å². The molecular formula is C9H9ClFNO2. The Hall–Kier alpha value is -1.29. The highest BCUT2D eigenvalue weighted by Crippen LogP contribution is 2.19. The van der Waals surface area contributed by atoms with Crippen LogP contribution in [0.4, 0.5) is 10.1 Å². The van der Waals surface area contributed by atoms with Crippen LogP contribution in [-0.4, -0.2) is 19.3 Å². The Balaban J connectivity index is 2.83. The molecular weight excluding hydrogens is 209 g/mol. The third kappa shape index (κ3) is 2.60. The highest BCUT2D eigenvalue weighted by molar-refractivity contribution is 6.33. The van der Waals surface area contributed by atoms with Gasteiger partial charge in [0.25, 0.3) is 0 Å². The monoisotopic (exact) mass is 217 g/mol. The standard InChI is InChI=1S/C9H9ClFNO2/c10-8-2-1-6(12)5-7(8)9(13)14-4-3-11/h1-2,5H,3-4,12H2. The minimum absolute atomic E-state index is 0.153. The Bertz CT molecular complexity index is 344. The zero-order valence-corrected chi connectivity index (χ0v) is 8.05. The van der Waals surface area contributed by atoms with Crippen LogP contribution in [0.15, 0.2) is 18.2 Å². The quantitative estimate of drug-likeness (QED) is 0.623. The number of nitrogens with two attached hydrogens (primary N) is 1. The van der Waals surface area contributed by atoms with Crippen LogP contribution >= 0.6 is 11.6 Å². The molecule has 0 amide bonds. The topological polar surface area (TPSA) is 52.3 Å². The predicted octanol–water partition coefficient (Wildman–Crippen LogP) is 2.05. The molecule has 76 valence electrons. The second-order valence-electron chi connectivity index (χ2n) is 2.56. The first-order chi connectivity index (χ1) is 6.65. The lowest BCUT2D eigenvalue weighted by Gasteiger charge is -2.04. The summed E-state index contributed by atoms with van der Waals surface area (Å²) in [5.74, 6) is -0.667. The molecule has 0 heterocycles. The lowest BCUT2D eigenvalue weighted by atomic mass is 10.2. The molecule has 14 heavy (non-hydrogen) atoms. The average molecular weight is 218 g/mol. The van der Waals surface area contributed by atoms with E-state index in [2.05, 4.69) is 4.74 Å². The molecule has 2 N–H and O–H groups in total. The van der Waals surface area contributed by atoms with Crippen molar-refractivity contribution < 1.29 is 13.9 Å². The number of esters is 1. The fraction of sp³-hybridized carbons (Fsp3) is 0.222. The molecule has 0 atom stereocenters. The maximum Gasteiger partial charge on any atom is 0.339 e. The molecule has 0 spiro atoms. The summed E-state index contributed by atoms with van der Waals surface area (Å²) in [6.45, 7) is -0.990. The summed E-state index contributed by atoms with van der Waals surface area (Å²) in [6, 6.07) is 4.44. The maximum absolute atomic E-state index is 11.7. The van der Waals surface area contributed by atoms with E-state index in [-0.39, 0.29) is 17.2 Å². The van der Waals surface area contributed by atoms with Gasteiger partial charge in [0, 0.05) is 5.69 Å². The van der Waals surface area contributed by atoms with Crippen molar-refractivity contribution in [1.82, 2.24) is 0 Å². The molecule has 0 aliphatic rings. The van der Waals surface area contributed by atoms with Crippen molar-refractivity contribution in [2.45, 2.75) is 0 Å². The van der Waals surface area contributed by atoms with Gasteiger partial charge in [-0.05, 0) is 18.2 Å². The second kappa shape index (κ2) is 4.81. The smallest absolute Gasteiger partial charge is 0.339 e. The van der Waals surface area contributed by atoms with E-state index in [0.717, 1.165) is 0 Å². The summed E-state index contributed by atoms with van der Waals surface area (Å²) in [6.07, 6.45) is 0. The molecule has 0 saturated carbocycles. The Morgan fingerprint density at radius 2 is 2.29 bits per heavy atom. The van der Waals surface area contributed by atoms with Gasteiger partial charge in [0.05, 0.1) is 10.6 Å². The van der Waals surface area contributed by atoms with Crippen molar-refractivity contribution in [2.24, 2.45) is 0 Å². The van der Waals surface area contributed by atoms with E-state index in [9.17, 15) is 9.18 Å². The summed E-state index contributed by atoms with van der Waals surface area (Å²) < 4.78 is 16.3. The van der Waals surface area contributed by atoms with Crippen LogP contribution in [0.2, 0.25) is 5.02 Å². The van der Waals surface area contributed by atoms with Crippen LogP contribution in [0.3, 0.4) is 0 Å². The Morgan fingerprint density at radius 1 is 1.57 bits per heavy atom. The number of rotatable bonds is 3. The zero-order valence-electron chi connectivity index (χ0n) is 7.30. The summed E-state index contributed by atoms with van der Waals surface area (Å²) in [4.78, 5) is 11.2. The molecule has 0 fully saturated rings. The molecule has 3 nitrogen and oxygen atoms in total. The first kappa shape index (κ1) is 10.8. The molecule has 0 bridgehead atoms. The van der Waals surface area contributed by atoms with Gasteiger partial charge in [-0.3, -0.25) is 0 Å². The van der Waals surface area contributed by atoms with Gasteiger partial charge in [-0.15, -0.1) is 0 Å². The number of carbonyl (C=O) groups is 1. The van der Waals surface area contributed by atoms with Crippen LogP contribution in [-0.2, 0) is 4.74 Å². The van der Waals surface area contributed by atoms with Crippen molar-refractivity contribution in [3.05, 3.63) is 28.8 Å². The molecule has 1 rings (SSSR count). The van der Waals surface area contributed by atoms with E-state index in [4.69, 9.17) is 17.3 Å². The van der Waals surface area contributed by atoms with Crippen molar-refractivity contribution >= 4 is 23.3 Å². The van der Waals surface area contributed by atoms with Gasteiger partial charge in [-0.25, -0.2) is 9.18 Å². The van der Waals surface area contributed by atoms with E-state index >= 15 is 0 Å². The molecule has 1 aromatic rings. The van der Waals surface area contributed by atoms with Gasteiger partial charge in [-0.2, -0.15) is 0 Å². The normalized spacial score (nSPS) is 9.86. The van der Waals surface area contributed by atoms with Crippen molar-refractivity contribution in [1.29, 1.82) is 0 Å². The Morgan fingerprint density at radius 3 is 2.93 bits per heavy atom. The number of ether oxygens (including phenoxy) is 1. The lowest BCUT2D eigenvalue weighted by Crippen LogP contribution is -2.08. The van der Waals surface area contributed by atoms with E-state index in [0.29, 0.717) is 5.69 Å². The first-order valence-corrected chi connectivity index (χ1v) is 4.31. The van der Waals surface area contributed by atoms with Crippen LogP contribution in [0, 0.1) is 0 Å². The van der Waals surface area contributed by atoms with Gasteiger partial charge in [0.1, 0.15) is 13.3 Å². The fourth-order valence-corrected chi connectivity index (χ4v) is 1.10.